The van der Waals surface area contributed by atoms with E-state index in [4.69, 9.17) is 5.73 Å². The van der Waals surface area contributed by atoms with Gasteiger partial charge in [0.05, 0.1) is 17.8 Å². The molecule has 0 unspecified atom stereocenters. The van der Waals surface area contributed by atoms with Gasteiger partial charge >= 0.3 is 0 Å². The fourth-order valence-corrected chi connectivity index (χ4v) is 1.85. The lowest BCUT2D eigenvalue weighted by molar-refractivity contribution is 0.0947. The maximum Gasteiger partial charge on any atom is 0.272 e. The molecular formula is C12H12N6O. The minimum atomic E-state index is -0.258. The van der Waals surface area contributed by atoms with Crippen LogP contribution in [0.2, 0.25) is 0 Å². The van der Waals surface area contributed by atoms with Crippen LogP contribution >= 0.6 is 0 Å². The number of hydrogen-bond acceptors (Lipinski definition) is 4. The number of carbonyl (C=O) groups excluding carboxylic acids is 1. The van der Waals surface area contributed by atoms with Crippen LogP contribution in [0.5, 0.6) is 0 Å². The first kappa shape index (κ1) is 11.3. The van der Waals surface area contributed by atoms with Crippen LogP contribution in [-0.2, 0) is 6.54 Å². The van der Waals surface area contributed by atoms with Crippen molar-refractivity contribution in [2.75, 3.05) is 5.73 Å². The van der Waals surface area contributed by atoms with E-state index in [0.717, 1.165) is 11.2 Å². The first-order chi connectivity index (χ1) is 9.24. The van der Waals surface area contributed by atoms with Gasteiger partial charge in [-0.3, -0.25) is 15.0 Å². The summed E-state index contributed by atoms with van der Waals surface area (Å²) in [5.74, 6) is -0.258. The highest BCUT2D eigenvalue weighted by atomic mass is 16.1. The van der Waals surface area contributed by atoms with Crippen molar-refractivity contribution in [1.29, 1.82) is 0 Å². The van der Waals surface area contributed by atoms with E-state index >= 15 is 0 Å². The van der Waals surface area contributed by atoms with Gasteiger partial charge in [0.2, 0.25) is 0 Å². The molecule has 2 heterocycles. The molecule has 0 atom stereocenters. The molecule has 19 heavy (non-hydrogen) atoms. The van der Waals surface area contributed by atoms with Crippen LogP contribution in [0.15, 0.2) is 30.5 Å². The Bertz CT molecular complexity index is 715. The van der Waals surface area contributed by atoms with E-state index in [1.54, 1.807) is 30.5 Å². The molecule has 1 aromatic carbocycles. The minimum absolute atomic E-state index is 0.258. The Balaban J connectivity index is 1.83. The largest absolute Gasteiger partial charge is 0.399 e. The van der Waals surface area contributed by atoms with E-state index < -0.39 is 0 Å². The number of nitrogens with zero attached hydrogens (tertiary/aromatic N) is 2. The summed E-state index contributed by atoms with van der Waals surface area (Å²) in [6.07, 6.45) is 1.63. The van der Waals surface area contributed by atoms with Gasteiger partial charge in [-0.2, -0.15) is 10.2 Å². The standard InChI is InChI=1S/C12H12N6O/c13-7-1-2-10-9(5-7)11(18-17-10)12(19)14-6-8-3-4-15-16-8/h1-5H,6,13H2,(H,14,19)(H,15,16)(H,17,18). The number of amides is 1. The van der Waals surface area contributed by atoms with Crippen LogP contribution in [0.3, 0.4) is 0 Å². The zero-order chi connectivity index (χ0) is 13.2. The average molecular weight is 256 g/mol. The molecule has 0 saturated carbocycles. The Kier molecular flexibility index (Phi) is 2.64. The number of aromatic nitrogens is 4. The molecule has 0 aliphatic rings. The summed E-state index contributed by atoms with van der Waals surface area (Å²) >= 11 is 0. The highest BCUT2D eigenvalue weighted by molar-refractivity contribution is 6.05. The quantitative estimate of drug-likeness (QED) is 0.519. The SMILES string of the molecule is Nc1ccc2[nH]nc(C(=O)NCc3ccn[nH]3)c2c1. The van der Waals surface area contributed by atoms with Crippen molar-refractivity contribution >= 4 is 22.5 Å². The van der Waals surface area contributed by atoms with Gasteiger partial charge in [-0.1, -0.05) is 0 Å². The molecule has 0 bridgehead atoms. The Morgan fingerprint density at radius 2 is 2.21 bits per heavy atom. The molecule has 7 nitrogen and oxygen atoms in total. The van der Waals surface area contributed by atoms with Crippen LogP contribution < -0.4 is 11.1 Å². The van der Waals surface area contributed by atoms with Crippen molar-refractivity contribution in [3.05, 3.63) is 41.9 Å². The molecule has 2 aromatic heterocycles. The van der Waals surface area contributed by atoms with Crippen LogP contribution in [-0.4, -0.2) is 26.3 Å². The second kappa shape index (κ2) is 4.45. The molecule has 5 N–H and O–H groups in total. The minimum Gasteiger partial charge on any atom is -0.399 e. The third kappa shape index (κ3) is 2.13. The predicted molar refractivity (Wildman–Crippen MR) is 70.3 cm³/mol. The van der Waals surface area contributed by atoms with Crippen LogP contribution in [0, 0.1) is 0 Å². The van der Waals surface area contributed by atoms with Crippen LogP contribution in [0.1, 0.15) is 16.2 Å². The highest BCUT2D eigenvalue weighted by Crippen LogP contribution is 2.18. The van der Waals surface area contributed by atoms with Gasteiger partial charge in [0.1, 0.15) is 0 Å². The number of carbonyl (C=O) groups is 1. The second-order valence-corrected chi connectivity index (χ2v) is 4.14. The molecule has 0 radical (unpaired) electrons. The topological polar surface area (TPSA) is 112 Å². The van der Waals surface area contributed by atoms with Gasteiger partial charge in [-0.15, -0.1) is 0 Å². The maximum atomic E-state index is 12.1. The molecular weight excluding hydrogens is 244 g/mol. The first-order valence-corrected chi connectivity index (χ1v) is 5.74. The third-order valence-corrected chi connectivity index (χ3v) is 2.80. The number of nitrogen functional groups attached to an aromatic ring is 1. The lowest BCUT2D eigenvalue weighted by Gasteiger charge is -2.01. The van der Waals surface area contributed by atoms with Crippen molar-refractivity contribution in [1.82, 2.24) is 25.7 Å². The summed E-state index contributed by atoms with van der Waals surface area (Å²) in [4.78, 5) is 12.1. The van der Waals surface area contributed by atoms with Crippen molar-refractivity contribution in [2.24, 2.45) is 0 Å². The van der Waals surface area contributed by atoms with E-state index in [-0.39, 0.29) is 5.91 Å². The summed E-state index contributed by atoms with van der Waals surface area (Å²) in [6.45, 7) is 0.371. The summed E-state index contributed by atoms with van der Waals surface area (Å²) in [6, 6.07) is 7.07. The lowest BCUT2D eigenvalue weighted by atomic mass is 10.2. The lowest BCUT2D eigenvalue weighted by Crippen LogP contribution is -2.23. The molecule has 3 aromatic rings. The summed E-state index contributed by atoms with van der Waals surface area (Å²) in [5, 5.41) is 16.9. The van der Waals surface area contributed by atoms with E-state index in [9.17, 15) is 4.79 Å². The molecule has 1 amide bonds. The monoisotopic (exact) mass is 256 g/mol. The number of nitrogens with two attached hydrogens (primary N) is 1. The highest BCUT2D eigenvalue weighted by Gasteiger charge is 2.14. The zero-order valence-corrected chi connectivity index (χ0v) is 9.97. The van der Waals surface area contributed by atoms with Crippen molar-refractivity contribution in [3.63, 3.8) is 0 Å². The number of nitrogens with one attached hydrogen (secondary N) is 3. The number of aromatic amines is 2. The number of hydrogen-bond donors (Lipinski definition) is 4. The normalized spacial score (nSPS) is 10.7. The Morgan fingerprint density at radius 1 is 1.32 bits per heavy atom. The molecule has 7 heteroatoms. The maximum absolute atomic E-state index is 12.1. The Labute approximate surface area is 108 Å². The fraction of sp³-hybridized carbons (Fsp3) is 0.0833. The van der Waals surface area contributed by atoms with Gasteiger partial charge in [-0.05, 0) is 24.3 Å². The van der Waals surface area contributed by atoms with E-state index in [1.165, 1.54) is 0 Å². The average Bonchev–Trinajstić information content (AvgIpc) is 3.04. The van der Waals surface area contributed by atoms with Crippen molar-refractivity contribution in [3.8, 4) is 0 Å². The summed E-state index contributed by atoms with van der Waals surface area (Å²) < 4.78 is 0. The van der Waals surface area contributed by atoms with E-state index in [0.29, 0.717) is 23.3 Å². The Hall–Kier alpha value is -2.83. The number of H-pyrrole nitrogens is 2. The summed E-state index contributed by atoms with van der Waals surface area (Å²) in [7, 11) is 0. The number of fused-ring (bicyclic) bond motifs is 1. The molecule has 0 aliphatic carbocycles. The van der Waals surface area contributed by atoms with Crippen molar-refractivity contribution < 1.29 is 4.79 Å². The van der Waals surface area contributed by atoms with Crippen molar-refractivity contribution in [2.45, 2.75) is 6.54 Å². The molecule has 3 rings (SSSR count). The van der Waals surface area contributed by atoms with Crippen LogP contribution in [0.25, 0.3) is 10.9 Å². The van der Waals surface area contributed by atoms with Gasteiger partial charge < -0.3 is 11.1 Å². The predicted octanol–water partition coefficient (Wildman–Crippen LogP) is 0.798. The van der Waals surface area contributed by atoms with Gasteiger partial charge in [0.15, 0.2) is 5.69 Å². The molecule has 0 fully saturated rings. The number of benzene rings is 1. The second-order valence-electron chi connectivity index (χ2n) is 4.14. The van der Waals surface area contributed by atoms with Crippen LogP contribution in [0.4, 0.5) is 5.69 Å². The molecule has 96 valence electrons. The smallest absolute Gasteiger partial charge is 0.272 e. The molecule has 0 saturated heterocycles. The Morgan fingerprint density at radius 3 is 3.00 bits per heavy atom. The zero-order valence-electron chi connectivity index (χ0n) is 9.97. The molecule has 0 spiro atoms. The molecule has 0 aliphatic heterocycles. The first-order valence-electron chi connectivity index (χ1n) is 5.74. The van der Waals surface area contributed by atoms with Gasteiger partial charge in [0, 0.05) is 17.3 Å². The van der Waals surface area contributed by atoms with Gasteiger partial charge in [0.25, 0.3) is 5.91 Å². The summed E-state index contributed by atoms with van der Waals surface area (Å²) in [5.41, 5.74) is 8.25. The van der Waals surface area contributed by atoms with E-state index in [1.807, 2.05) is 0 Å². The van der Waals surface area contributed by atoms with E-state index in [2.05, 4.69) is 25.7 Å². The number of rotatable bonds is 3. The fourth-order valence-electron chi connectivity index (χ4n) is 1.85. The van der Waals surface area contributed by atoms with Gasteiger partial charge in [-0.25, -0.2) is 0 Å². The third-order valence-electron chi connectivity index (χ3n) is 2.80. The number of anilines is 1.